The highest BCUT2D eigenvalue weighted by molar-refractivity contribution is 5.65. The summed E-state index contributed by atoms with van der Waals surface area (Å²) in [5.74, 6) is -6.17. The molecule has 0 fully saturated rings. The van der Waals surface area contributed by atoms with Gasteiger partial charge in [0.05, 0.1) is 11.3 Å². The Labute approximate surface area is 186 Å². The van der Waals surface area contributed by atoms with Crippen molar-refractivity contribution >= 4 is 5.69 Å². The summed E-state index contributed by atoms with van der Waals surface area (Å²) in [6, 6.07) is 7.55. The first-order chi connectivity index (χ1) is 16.0. The Kier molecular flexibility index (Phi) is 5.90. The van der Waals surface area contributed by atoms with Crippen LogP contribution in [0.4, 0.5) is 36.4 Å². The molecule has 0 aliphatic heterocycles. The number of aromatic nitrogens is 2. The molecule has 1 heterocycles. The van der Waals surface area contributed by atoms with E-state index >= 15 is 0 Å². The maximum absolute atomic E-state index is 14.2. The van der Waals surface area contributed by atoms with Crippen molar-refractivity contribution in [2.75, 3.05) is 5.32 Å². The van der Waals surface area contributed by atoms with Gasteiger partial charge in [0.2, 0.25) is 5.82 Å². The van der Waals surface area contributed by atoms with Crippen LogP contribution in [0.25, 0.3) is 22.8 Å². The summed E-state index contributed by atoms with van der Waals surface area (Å²) >= 11 is 0. The van der Waals surface area contributed by atoms with Crippen LogP contribution in [0.1, 0.15) is 11.1 Å². The van der Waals surface area contributed by atoms with Gasteiger partial charge in [-0.3, -0.25) is 0 Å². The largest absolute Gasteiger partial charge is 0.503 e. The topological polar surface area (TPSA) is 71.2 Å². The van der Waals surface area contributed by atoms with Crippen LogP contribution in [-0.4, -0.2) is 15.2 Å². The molecule has 0 radical (unpaired) electrons. The van der Waals surface area contributed by atoms with E-state index in [1.165, 1.54) is 12.1 Å². The number of aromatic hydroxyl groups is 1. The van der Waals surface area contributed by atoms with E-state index in [0.717, 1.165) is 24.3 Å². The molecule has 0 aliphatic carbocycles. The van der Waals surface area contributed by atoms with Crippen molar-refractivity contribution in [2.24, 2.45) is 0 Å². The van der Waals surface area contributed by atoms with Gasteiger partial charge in [0.1, 0.15) is 11.6 Å². The van der Waals surface area contributed by atoms with Gasteiger partial charge in [-0.2, -0.15) is 18.2 Å². The summed E-state index contributed by atoms with van der Waals surface area (Å²) in [6.07, 6.45) is -4.88. The smallest absolute Gasteiger partial charge is 0.419 e. The van der Waals surface area contributed by atoms with E-state index in [9.17, 15) is 35.8 Å². The summed E-state index contributed by atoms with van der Waals surface area (Å²) in [4.78, 5) is 3.99. The van der Waals surface area contributed by atoms with E-state index in [4.69, 9.17) is 4.52 Å². The van der Waals surface area contributed by atoms with Gasteiger partial charge in [0, 0.05) is 17.7 Å². The van der Waals surface area contributed by atoms with Gasteiger partial charge in [0.15, 0.2) is 17.4 Å². The van der Waals surface area contributed by atoms with Crippen LogP contribution in [0, 0.1) is 23.3 Å². The molecule has 0 aliphatic rings. The quantitative estimate of drug-likeness (QED) is 0.326. The van der Waals surface area contributed by atoms with Crippen molar-refractivity contribution in [1.82, 2.24) is 10.1 Å². The highest BCUT2D eigenvalue weighted by Gasteiger charge is 2.34. The normalized spacial score (nSPS) is 11.6. The SMILES string of the molecule is Oc1c(F)cc(-c2nc(-c3ccc(F)c(NCc4ccc(F)c(C(F)(F)F)c4)c3)no2)cc1F. The molecule has 2 N–H and O–H groups in total. The van der Waals surface area contributed by atoms with Crippen molar-refractivity contribution < 1.29 is 40.4 Å². The molecule has 0 bridgehead atoms. The minimum atomic E-state index is -4.88. The lowest BCUT2D eigenvalue weighted by molar-refractivity contribution is -0.140. The number of hydrogen-bond acceptors (Lipinski definition) is 5. The number of phenolic OH excluding ortho intramolecular Hbond substituents is 1. The number of nitrogens with zero attached hydrogens (tertiary/aromatic N) is 2. The van der Waals surface area contributed by atoms with Crippen LogP contribution in [-0.2, 0) is 12.7 Å². The fourth-order valence-electron chi connectivity index (χ4n) is 3.04. The van der Waals surface area contributed by atoms with Gasteiger partial charge in [-0.1, -0.05) is 11.2 Å². The van der Waals surface area contributed by atoms with Crippen LogP contribution < -0.4 is 5.32 Å². The number of rotatable bonds is 5. The zero-order valence-corrected chi connectivity index (χ0v) is 16.7. The molecule has 0 saturated carbocycles. The lowest BCUT2D eigenvalue weighted by atomic mass is 10.1. The highest BCUT2D eigenvalue weighted by atomic mass is 19.4. The van der Waals surface area contributed by atoms with Crippen molar-refractivity contribution in [3.63, 3.8) is 0 Å². The molecule has 0 atom stereocenters. The lowest BCUT2D eigenvalue weighted by Gasteiger charge is -2.12. The predicted molar refractivity (Wildman–Crippen MR) is 105 cm³/mol. The van der Waals surface area contributed by atoms with Crippen molar-refractivity contribution in [2.45, 2.75) is 12.7 Å². The van der Waals surface area contributed by atoms with E-state index in [1.54, 1.807) is 0 Å². The first-order valence-electron chi connectivity index (χ1n) is 9.44. The Morgan fingerprint density at radius 3 is 2.18 bits per heavy atom. The van der Waals surface area contributed by atoms with Gasteiger partial charge >= 0.3 is 6.18 Å². The third-order valence-electron chi connectivity index (χ3n) is 4.73. The first-order valence-corrected chi connectivity index (χ1v) is 9.44. The summed E-state index contributed by atoms with van der Waals surface area (Å²) in [6.45, 7) is -0.257. The summed E-state index contributed by atoms with van der Waals surface area (Å²) in [7, 11) is 0. The summed E-state index contributed by atoms with van der Waals surface area (Å²) in [5.41, 5.74) is -1.44. The molecular weight excluding hydrogens is 471 g/mol. The second-order valence-corrected chi connectivity index (χ2v) is 7.07. The van der Waals surface area contributed by atoms with Crippen LogP contribution in [0.5, 0.6) is 5.75 Å². The average molecular weight is 483 g/mol. The monoisotopic (exact) mass is 483 g/mol. The molecule has 4 rings (SSSR count). The Bertz CT molecular complexity index is 1350. The summed E-state index contributed by atoms with van der Waals surface area (Å²) < 4.78 is 98.5. The van der Waals surface area contributed by atoms with E-state index in [2.05, 4.69) is 15.5 Å². The van der Waals surface area contributed by atoms with E-state index in [-0.39, 0.29) is 40.6 Å². The number of alkyl halides is 3. The number of halogens is 7. The molecule has 0 spiro atoms. The van der Waals surface area contributed by atoms with E-state index in [1.807, 2.05) is 0 Å². The molecular formula is C22H12F7N3O2. The third-order valence-corrected chi connectivity index (χ3v) is 4.73. The minimum Gasteiger partial charge on any atom is -0.503 e. The second-order valence-electron chi connectivity index (χ2n) is 7.07. The van der Waals surface area contributed by atoms with Crippen LogP contribution in [0.15, 0.2) is 53.1 Å². The molecule has 0 amide bonds. The molecule has 176 valence electrons. The predicted octanol–water partition coefficient (Wildman–Crippen LogP) is 6.30. The molecule has 0 saturated heterocycles. The Morgan fingerprint density at radius 2 is 1.50 bits per heavy atom. The Morgan fingerprint density at radius 1 is 0.824 bits per heavy atom. The Hall–Kier alpha value is -4.09. The first kappa shape index (κ1) is 23.1. The molecule has 0 unspecified atom stereocenters. The number of nitrogens with one attached hydrogen (secondary N) is 1. The van der Waals surface area contributed by atoms with Gasteiger partial charge in [-0.05, 0) is 48.0 Å². The summed E-state index contributed by atoms with van der Waals surface area (Å²) in [5, 5.41) is 15.5. The lowest BCUT2D eigenvalue weighted by Crippen LogP contribution is -2.10. The van der Waals surface area contributed by atoms with Crippen molar-refractivity contribution in [3.8, 4) is 28.6 Å². The average Bonchev–Trinajstić information content (AvgIpc) is 3.27. The van der Waals surface area contributed by atoms with Crippen molar-refractivity contribution in [1.29, 1.82) is 0 Å². The molecule has 12 heteroatoms. The van der Waals surface area contributed by atoms with Gasteiger partial charge in [-0.15, -0.1) is 0 Å². The van der Waals surface area contributed by atoms with Crippen LogP contribution >= 0.6 is 0 Å². The van der Waals surface area contributed by atoms with Gasteiger partial charge < -0.3 is 14.9 Å². The zero-order chi connectivity index (χ0) is 24.6. The number of phenols is 1. The highest BCUT2D eigenvalue weighted by Crippen LogP contribution is 2.33. The minimum absolute atomic E-state index is 0.0526. The third kappa shape index (κ3) is 4.65. The van der Waals surface area contributed by atoms with E-state index in [0.29, 0.717) is 12.1 Å². The van der Waals surface area contributed by atoms with Crippen LogP contribution in [0.3, 0.4) is 0 Å². The van der Waals surface area contributed by atoms with Gasteiger partial charge in [0.25, 0.3) is 5.89 Å². The van der Waals surface area contributed by atoms with Gasteiger partial charge in [-0.25, -0.2) is 17.6 Å². The molecule has 4 aromatic rings. The Balaban J connectivity index is 1.57. The maximum atomic E-state index is 14.2. The zero-order valence-electron chi connectivity index (χ0n) is 16.7. The number of hydrogen-bond donors (Lipinski definition) is 2. The molecule has 3 aromatic carbocycles. The fourth-order valence-corrected chi connectivity index (χ4v) is 3.04. The van der Waals surface area contributed by atoms with E-state index < -0.39 is 40.8 Å². The second kappa shape index (κ2) is 8.69. The van der Waals surface area contributed by atoms with Crippen LogP contribution in [0.2, 0.25) is 0 Å². The number of anilines is 1. The standard InChI is InChI=1S/C22H12F7N3O2/c23-14-3-1-10(5-13(14)22(27,28)29)9-30-18-8-11(2-4-15(18)24)20-31-21(34-32-20)12-6-16(25)19(33)17(26)7-12/h1-8,30,33H,9H2. The molecule has 1 aromatic heterocycles. The van der Waals surface area contributed by atoms with Crippen molar-refractivity contribution in [3.05, 3.63) is 82.9 Å². The molecule has 5 nitrogen and oxygen atoms in total. The maximum Gasteiger partial charge on any atom is 0.419 e. The fraction of sp³-hybridized carbons (Fsp3) is 0.0909. The number of benzene rings is 3. The molecule has 34 heavy (non-hydrogen) atoms.